The minimum absolute atomic E-state index is 0.0559. The minimum Gasteiger partial charge on any atom is -0.352 e. The Morgan fingerprint density at radius 3 is 2.85 bits per heavy atom. The summed E-state index contributed by atoms with van der Waals surface area (Å²) in [6.07, 6.45) is 13.8. The molecule has 4 aromatic heterocycles. The van der Waals surface area contributed by atoms with Gasteiger partial charge in [-0.25, -0.2) is 9.98 Å². The van der Waals surface area contributed by atoms with Gasteiger partial charge in [-0.2, -0.15) is 0 Å². The van der Waals surface area contributed by atoms with Gasteiger partial charge >= 0.3 is 0 Å². The Balaban J connectivity index is 1.33. The van der Waals surface area contributed by atoms with Crippen molar-refractivity contribution in [3.8, 4) is 11.1 Å². The molecule has 1 saturated carbocycles. The monoisotopic (exact) mass is 436 g/mol. The van der Waals surface area contributed by atoms with Crippen molar-refractivity contribution in [1.82, 2.24) is 25.3 Å². The topological polar surface area (TPSA) is 95.9 Å². The fraction of sp³-hybridized carbons (Fsp3) is 0.269. The van der Waals surface area contributed by atoms with Gasteiger partial charge in [-0.15, -0.1) is 0 Å². The van der Waals surface area contributed by atoms with E-state index in [1.807, 2.05) is 19.2 Å². The molecule has 6 rings (SSSR count). The van der Waals surface area contributed by atoms with E-state index in [0.717, 1.165) is 56.2 Å². The summed E-state index contributed by atoms with van der Waals surface area (Å²) >= 11 is 0. The summed E-state index contributed by atoms with van der Waals surface area (Å²) in [6, 6.07) is 6.13. The lowest BCUT2D eigenvalue weighted by atomic mass is 9.99. The van der Waals surface area contributed by atoms with E-state index in [1.54, 1.807) is 24.8 Å². The predicted molar refractivity (Wildman–Crippen MR) is 126 cm³/mol. The van der Waals surface area contributed by atoms with Gasteiger partial charge in [0.05, 0.1) is 23.0 Å². The van der Waals surface area contributed by atoms with E-state index in [-0.39, 0.29) is 5.91 Å². The molecular formula is C26H24N6O. The minimum atomic E-state index is -0.0559. The number of carbonyl (C=O) groups is 1. The summed E-state index contributed by atoms with van der Waals surface area (Å²) in [5.74, 6) is 0.542. The Morgan fingerprint density at radius 2 is 2.00 bits per heavy atom. The number of amides is 1. The zero-order chi connectivity index (χ0) is 22.4. The molecule has 0 unspecified atom stereocenters. The summed E-state index contributed by atoms with van der Waals surface area (Å²) in [6.45, 7) is 2.71. The van der Waals surface area contributed by atoms with Crippen molar-refractivity contribution in [1.29, 1.82) is 0 Å². The standard InChI is InChI=1S/C26H24N6O/c1-15-20(12-28-13-21(15)26(33)30-10-16-4-2-3-5-16)18-8-19-24(32-25(19)29-11-18)22-9-17-6-7-27-14-23(17)31-22/h6-9,11-14,16,31H,2-5,10H2,1H3,(H,30,33). The van der Waals surface area contributed by atoms with Crippen molar-refractivity contribution < 1.29 is 4.79 Å². The first-order valence-electron chi connectivity index (χ1n) is 11.4. The van der Waals surface area contributed by atoms with E-state index in [2.05, 4.69) is 42.4 Å². The van der Waals surface area contributed by atoms with Crippen LogP contribution in [-0.4, -0.2) is 32.4 Å². The van der Waals surface area contributed by atoms with Gasteiger partial charge in [-0.3, -0.25) is 14.8 Å². The van der Waals surface area contributed by atoms with Crippen LogP contribution in [0, 0.1) is 12.8 Å². The fourth-order valence-electron chi connectivity index (χ4n) is 4.88. The second kappa shape index (κ2) is 7.92. The van der Waals surface area contributed by atoms with Crippen LogP contribution in [-0.2, 0) is 0 Å². The number of nitrogens with one attached hydrogen (secondary N) is 2. The third kappa shape index (κ3) is 3.50. The molecule has 2 aliphatic rings. The summed E-state index contributed by atoms with van der Waals surface area (Å²) in [5.41, 5.74) is 6.88. The van der Waals surface area contributed by atoms with E-state index in [9.17, 15) is 4.79 Å². The van der Waals surface area contributed by atoms with Gasteiger partial charge in [0, 0.05) is 53.1 Å². The van der Waals surface area contributed by atoms with Gasteiger partial charge in [-0.05, 0) is 49.4 Å². The second-order valence-corrected chi connectivity index (χ2v) is 8.92. The maximum Gasteiger partial charge on any atom is 0.253 e. The summed E-state index contributed by atoms with van der Waals surface area (Å²) in [4.78, 5) is 33.9. The molecule has 4 aromatic rings. The van der Waals surface area contributed by atoms with Crippen LogP contribution in [0.2, 0.25) is 0 Å². The zero-order valence-corrected chi connectivity index (χ0v) is 18.4. The van der Waals surface area contributed by atoms with E-state index >= 15 is 0 Å². The number of hydrogen-bond donors (Lipinski definition) is 2. The maximum absolute atomic E-state index is 12.9. The molecule has 7 nitrogen and oxygen atoms in total. The number of fused-ring (bicyclic) bond motifs is 2. The van der Waals surface area contributed by atoms with Gasteiger partial charge in [0.2, 0.25) is 0 Å². The van der Waals surface area contributed by atoms with Crippen LogP contribution < -0.4 is 16.0 Å². The molecule has 1 amide bonds. The molecular weight excluding hydrogens is 412 g/mol. The fourth-order valence-corrected chi connectivity index (χ4v) is 4.88. The van der Waals surface area contributed by atoms with Crippen molar-refractivity contribution in [2.75, 3.05) is 6.54 Å². The number of hydrogen-bond acceptors (Lipinski definition) is 5. The highest BCUT2D eigenvalue weighted by molar-refractivity contribution is 5.97. The van der Waals surface area contributed by atoms with Gasteiger partial charge < -0.3 is 10.3 Å². The Labute approximate surface area is 190 Å². The molecule has 0 spiro atoms. The van der Waals surface area contributed by atoms with Crippen LogP contribution in [0.1, 0.15) is 47.3 Å². The average molecular weight is 437 g/mol. The van der Waals surface area contributed by atoms with Crippen molar-refractivity contribution in [2.24, 2.45) is 10.9 Å². The second-order valence-electron chi connectivity index (χ2n) is 8.92. The van der Waals surface area contributed by atoms with E-state index < -0.39 is 0 Å². The molecule has 33 heavy (non-hydrogen) atoms. The molecule has 7 heteroatoms. The third-order valence-electron chi connectivity index (χ3n) is 6.82. The predicted octanol–water partition coefficient (Wildman–Crippen LogP) is 3.04. The van der Waals surface area contributed by atoms with Gasteiger partial charge in [0.1, 0.15) is 5.70 Å². The largest absolute Gasteiger partial charge is 0.352 e. The molecule has 0 radical (unpaired) electrons. The quantitative estimate of drug-likeness (QED) is 0.503. The van der Waals surface area contributed by atoms with E-state index in [4.69, 9.17) is 0 Å². The first-order chi connectivity index (χ1) is 16.2. The Bertz CT molecular complexity index is 1480. The summed E-state index contributed by atoms with van der Waals surface area (Å²) < 4.78 is 0. The first kappa shape index (κ1) is 19.8. The molecule has 1 fully saturated rings. The highest BCUT2D eigenvalue weighted by Gasteiger charge is 2.20. The van der Waals surface area contributed by atoms with Crippen molar-refractivity contribution in [3.05, 3.63) is 76.7 Å². The molecule has 0 aromatic carbocycles. The van der Waals surface area contributed by atoms with Crippen molar-refractivity contribution in [2.45, 2.75) is 32.6 Å². The lowest BCUT2D eigenvalue weighted by molar-refractivity contribution is 0.0946. The van der Waals surface area contributed by atoms with Gasteiger partial charge in [0.25, 0.3) is 5.91 Å². The normalized spacial score (nSPS) is 15.2. The smallest absolute Gasteiger partial charge is 0.253 e. The molecule has 5 heterocycles. The van der Waals surface area contributed by atoms with Crippen LogP contribution >= 0.6 is 0 Å². The molecule has 2 N–H and O–H groups in total. The summed E-state index contributed by atoms with van der Waals surface area (Å²) in [7, 11) is 0. The molecule has 1 aliphatic carbocycles. The van der Waals surface area contributed by atoms with Crippen molar-refractivity contribution in [3.63, 3.8) is 0 Å². The zero-order valence-electron chi connectivity index (χ0n) is 18.4. The SMILES string of the molecule is Cc1c(C(=O)NCC2CCCC2)cncc1-c1cnc2c(c1)=C(c1cc3ccncc3[nH]1)N=2. The van der Waals surface area contributed by atoms with E-state index in [0.29, 0.717) is 11.5 Å². The first-order valence-corrected chi connectivity index (χ1v) is 11.4. The lowest BCUT2D eigenvalue weighted by Gasteiger charge is -2.14. The molecule has 0 atom stereocenters. The third-order valence-corrected chi connectivity index (χ3v) is 6.82. The Morgan fingerprint density at radius 1 is 1.12 bits per heavy atom. The molecule has 0 saturated heterocycles. The molecule has 0 bridgehead atoms. The average Bonchev–Trinajstić information content (AvgIpc) is 3.48. The number of aromatic amines is 1. The van der Waals surface area contributed by atoms with Crippen LogP contribution in [0.4, 0.5) is 0 Å². The summed E-state index contributed by atoms with van der Waals surface area (Å²) in [5, 5.41) is 5.19. The van der Waals surface area contributed by atoms with Gasteiger partial charge in [-0.1, -0.05) is 12.8 Å². The highest BCUT2D eigenvalue weighted by atomic mass is 16.1. The van der Waals surface area contributed by atoms with Crippen LogP contribution in [0.5, 0.6) is 0 Å². The maximum atomic E-state index is 12.9. The highest BCUT2D eigenvalue weighted by Crippen LogP contribution is 2.26. The van der Waals surface area contributed by atoms with Gasteiger partial charge in [0.15, 0.2) is 5.49 Å². The lowest BCUT2D eigenvalue weighted by Crippen LogP contribution is -2.38. The number of rotatable bonds is 5. The number of H-pyrrole nitrogens is 1. The van der Waals surface area contributed by atoms with Crippen LogP contribution in [0.3, 0.4) is 0 Å². The molecule has 1 aliphatic heterocycles. The number of pyridine rings is 3. The number of aromatic nitrogens is 4. The Kier molecular flexibility index (Phi) is 4.75. The van der Waals surface area contributed by atoms with Crippen LogP contribution in [0.25, 0.3) is 27.7 Å². The van der Waals surface area contributed by atoms with Crippen LogP contribution in [0.15, 0.2) is 54.2 Å². The van der Waals surface area contributed by atoms with Crippen molar-refractivity contribution >= 4 is 22.5 Å². The van der Waals surface area contributed by atoms with E-state index in [1.165, 1.54) is 25.7 Å². The number of carbonyl (C=O) groups excluding carboxylic acids is 1. The Hall–Kier alpha value is -3.87. The number of nitrogens with zero attached hydrogens (tertiary/aromatic N) is 4. The molecule has 164 valence electrons.